The molecule has 0 saturated carbocycles. The molecular weight excluding hydrogens is 508 g/mol. The number of carbonyl (C=O) groups excluding carboxylic acids is 5. The van der Waals surface area contributed by atoms with Crippen molar-refractivity contribution < 1.29 is 49.2 Å². The molecule has 0 unspecified atom stereocenters. The Morgan fingerprint density at radius 3 is 1.82 bits per heavy atom. The third-order valence-electron chi connectivity index (χ3n) is 6.02. The SMILES string of the molecule is CC(C)[C@H](N)C(=O)N1CCC[C@H]1C(=O)N[C@@H](CO)C(=O)N[C@@H](C)C(=O)N[C@@H](CO)C(=O)N[C@@H](CO)C(=O)O. The maximum atomic E-state index is 12.8. The number of carboxylic acid groups (broad SMARTS) is 1. The van der Waals surface area contributed by atoms with E-state index < -0.39 is 91.6 Å². The molecule has 216 valence electrons. The molecular formula is C22H38N6O10. The number of rotatable bonds is 14. The minimum absolute atomic E-state index is 0.153. The van der Waals surface area contributed by atoms with E-state index in [2.05, 4.69) is 16.0 Å². The van der Waals surface area contributed by atoms with Crippen LogP contribution in [-0.2, 0) is 28.8 Å². The van der Waals surface area contributed by atoms with Crippen LogP contribution in [0.3, 0.4) is 0 Å². The smallest absolute Gasteiger partial charge is 0.328 e. The van der Waals surface area contributed by atoms with E-state index in [4.69, 9.17) is 15.9 Å². The van der Waals surface area contributed by atoms with E-state index in [9.17, 15) is 39.0 Å². The normalized spacial score (nSPS) is 19.1. The van der Waals surface area contributed by atoms with Gasteiger partial charge in [0.15, 0.2) is 0 Å². The van der Waals surface area contributed by atoms with Gasteiger partial charge in [-0.3, -0.25) is 24.0 Å². The van der Waals surface area contributed by atoms with Gasteiger partial charge in [-0.05, 0) is 25.7 Å². The Balaban J connectivity index is 2.75. The average molecular weight is 547 g/mol. The molecule has 10 N–H and O–H groups in total. The second-order valence-corrected chi connectivity index (χ2v) is 9.26. The summed E-state index contributed by atoms with van der Waals surface area (Å²) < 4.78 is 0. The number of nitrogens with zero attached hydrogens (tertiary/aromatic N) is 1. The molecule has 1 aliphatic heterocycles. The number of amides is 5. The lowest BCUT2D eigenvalue weighted by Crippen LogP contribution is -2.60. The van der Waals surface area contributed by atoms with E-state index in [0.717, 1.165) is 0 Å². The van der Waals surface area contributed by atoms with Crippen LogP contribution in [0.2, 0.25) is 0 Å². The van der Waals surface area contributed by atoms with E-state index in [1.54, 1.807) is 13.8 Å². The monoisotopic (exact) mass is 546 g/mol. The number of nitrogens with one attached hydrogen (secondary N) is 4. The number of nitrogens with two attached hydrogens (primary N) is 1. The van der Waals surface area contributed by atoms with Crippen molar-refractivity contribution in [3.05, 3.63) is 0 Å². The fourth-order valence-electron chi connectivity index (χ4n) is 3.57. The molecule has 0 aliphatic carbocycles. The van der Waals surface area contributed by atoms with Crippen molar-refractivity contribution in [1.82, 2.24) is 26.2 Å². The van der Waals surface area contributed by atoms with E-state index in [0.29, 0.717) is 19.4 Å². The zero-order valence-electron chi connectivity index (χ0n) is 21.5. The van der Waals surface area contributed by atoms with Crippen LogP contribution in [-0.4, -0.2) is 123 Å². The summed E-state index contributed by atoms with van der Waals surface area (Å²) in [6.45, 7) is 2.43. The summed E-state index contributed by atoms with van der Waals surface area (Å²) in [7, 11) is 0. The molecule has 1 heterocycles. The molecule has 0 aromatic rings. The zero-order valence-corrected chi connectivity index (χ0v) is 21.5. The Hall–Kier alpha value is -3.34. The van der Waals surface area contributed by atoms with Gasteiger partial charge < -0.3 is 52.3 Å². The van der Waals surface area contributed by atoms with Gasteiger partial charge in [0.1, 0.15) is 30.2 Å². The minimum atomic E-state index is -1.66. The van der Waals surface area contributed by atoms with Gasteiger partial charge in [-0.1, -0.05) is 13.8 Å². The number of carbonyl (C=O) groups is 6. The first kappa shape index (κ1) is 32.7. The molecule has 0 bridgehead atoms. The average Bonchev–Trinajstić information content (AvgIpc) is 3.37. The summed E-state index contributed by atoms with van der Waals surface area (Å²) >= 11 is 0. The van der Waals surface area contributed by atoms with Gasteiger partial charge in [0.05, 0.1) is 25.9 Å². The highest BCUT2D eigenvalue weighted by Crippen LogP contribution is 2.20. The first-order valence-corrected chi connectivity index (χ1v) is 12.1. The van der Waals surface area contributed by atoms with Gasteiger partial charge in [0, 0.05) is 6.54 Å². The summed E-state index contributed by atoms with van der Waals surface area (Å²) in [5.41, 5.74) is 5.93. The van der Waals surface area contributed by atoms with Crippen LogP contribution in [0.25, 0.3) is 0 Å². The highest BCUT2D eigenvalue weighted by atomic mass is 16.4. The predicted octanol–water partition coefficient (Wildman–Crippen LogP) is -5.02. The second kappa shape index (κ2) is 15.2. The summed E-state index contributed by atoms with van der Waals surface area (Å²) in [6.07, 6.45) is 0.886. The standard InChI is InChI=1S/C22H38N6O10/c1-10(2)16(23)21(36)28-6-4-5-15(28)20(35)26-12(7-29)18(33)24-11(3)17(32)25-13(8-30)19(34)27-14(9-31)22(37)38/h10-16,29-31H,4-9,23H2,1-3H3,(H,24,33)(H,25,32)(H,26,35)(H,27,34)(H,37,38)/t11-,12-,13-,14-,15-,16-/m0/s1. The van der Waals surface area contributed by atoms with Crippen LogP contribution in [0, 0.1) is 5.92 Å². The van der Waals surface area contributed by atoms with Crippen LogP contribution in [0.15, 0.2) is 0 Å². The third kappa shape index (κ3) is 8.90. The maximum Gasteiger partial charge on any atom is 0.328 e. The molecule has 0 aromatic carbocycles. The topological polar surface area (TPSA) is 261 Å². The summed E-state index contributed by atoms with van der Waals surface area (Å²) in [6, 6.07) is -7.71. The van der Waals surface area contributed by atoms with Gasteiger partial charge in [0.25, 0.3) is 0 Å². The van der Waals surface area contributed by atoms with Crippen LogP contribution < -0.4 is 27.0 Å². The van der Waals surface area contributed by atoms with Crippen molar-refractivity contribution in [2.24, 2.45) is 11.7 Å². The van der Waals surface area contributed by atoms with Crippen LogP contribution in [0.1, 0.15) is 33.6 Å². The fourth-order valence-corrected chi connectivity index (χ4v) is 3.57. The molecule has 0 aromatic heterocycles. The van der Waals surface area contributed by atoms with E-state index in [1.807, 2.05) is 5.32 Å². The third-order valence-corrected chi connectivity index (χ3v) is 6.02. The largest absolute Gasteiger partial charge is 0.480 e. The Morgan fingerprint density at radius 1 is 0.816 bits per heavy atom. The van der Waals surface area contributed by atoms with Gasteiger partial charge in [0.2, 0.25) is 29.5 Å². The van der Waals surface area contributed by atoms with Crippen molar-refractivity contribution in [3.63, 3.8) is 0 Å². The Kier molecular flexibility index (Phi) is 13.0. The van der Waals surface area contributed by atoms with Crippen molar-refractivity contribution in [2.45, 2.75) is 69.9 Å². The number of carboxylic acids is 1. The molecule has 1 aliphatic rings. The van der Waals surface area contributed by atoms with Gasteiger partial charge in [-0.15, -0.1) is 0 Å². The highest BCUT2D eigenvalue weighted by Gasteiger charge is 2.38. The molecule has 1 saturated heterocycles. The van der Waals surface area contributed by atoms with Crippen LogP contribution in [0.5, 0.6) is 0 Å². The van der Waals surface area contributed by atoms with Crippen LogP contribution in [0.4, 0.5) is 0 Å². The lowest BCUT2D eigenvalue weighted by molar-refractivity contribution is -0.143. The first-order valence-electron chi connectivity index (χ1n) is 12.1. The Morgan fingerprint density at radius 2 is 1.32 bits per heavy atom. The number of hydrogen-bond donors (Lipinski definition) is 9. The summed E-state index contributed by atoms with van der Waals surface area (Å²) in [5.74, 6) is -5.73. The highest BCUT2D eigenvalue weighted by molar-refractivity contribution is 5.96. The van der Waals surface area contributed by atoms with Crippen molar-refractivity contribution >= 4 is 35.5 Å². The first-order chi connectivity index (χ1) is 17.8. The van der Waals surface area contributed by atoms with E-state index in [1.165, 1.54) is 11.8 Å². The lowest BCUT2D eigenvalue weighted by atomic mass is 10.0. The lowest BCUT2D eigenvalue weighted by Gasteiger charge is -2.29. The summed E-state index contributed by atoms with van der Waals surface area (Å²) in [5, 5.41) is 45.6. The fraction of sp³-hybridized carbons (Fsp3) is 0.727. The minimum Gasteiger partial charge on any atom is -0.480 e. The molecule has 0 radical (unpaired) electrons. The molecule has 38 heavy (non-hydrogen) atoms. The second-order valence-electron chi connectivity index (χ2n) is 9.26. The maximum absolute atomic E-state index is 12.8. The van der Waals surface area contributed by atoms with Crippen molar-refractivity contribution in [2.75, 3.05) is 26.4 Å². The number of hydrogen-bond acceptors (Lipinski definition) is 10. The van der Waals surface area contributed by atoms with Gasteiger partial charge >= 0.3 is 5.97 Å². The van der Waals surface area contributed by atoms with Gasteiger partial charge in [-0.2, -0.15) is 0 Å². The van der Waals surface area contributed by atoms with Gasteiger partial charge in [-0.25, -0.2) is 4.79 Å². The quantitative estimate of drug-likeness (QED) is 0.0995. The molecule has 16 nitrogen and oxygen atoms in total. The Labute approximate surface area is 219 Å². The van der Waals surface area contributed by atoms with Crippen LogP contribution >= 0.6 is 0 Å². The molecule has 1 rings (SSSR count). The number of likely N-dealkylation sites (tertiary alicyclic amines) is 1. The molecule has 6 atom stereocenters. The number of aliphatic hydroxyl groups excluding tert-OH is 3. The molecule has 0 spiro atoms. The Bertz CT molecular complexity index is 885. The van der Waals surface area contributed by atoms with Crippen molar-refractivity contribution in [3.8, 4) is 0 Å². The van der Waals surface area contributed by atoms with Crippen molar-refractivity contribution in [1.29, 1.82) is 0 Å². The van der Waals surface area contributed by atoms with E-state index >= 15 is 0 Å². The number of aliphatic hydroxyl groups is 3. The molecule has 16 heteroatoms. The zero-order chi connectivity index (χ0) is 29.2. The molecule has 5 amide bonds. The number of aliphatic carboxylic acids is 1. The molecule has 1 fully saturated rings. The summed E-state index contributed by atoms with van der Waals surface area (Å²) in [4.78, 5) is 74.9. The van der Waals surface area contributed by atoms with E-state index in [-0.39, 0.29) is 5.92 Å². The predicted molar refractivity (Wildman–Crippen MR) is 130 cm³/mol.